The van der Waals surface area contributed by atoms with Crippen LogP contribution in [0.3, 0.4) is 0 Å². The number of carbonyl (C=O) groups is 1. The van der Waals surface area contributed by atoms with E-state index in [1.807, 2.05) is 6.92 Å². The summed E-state index contributed by atoms with van der Waals surface area (Å²) in [6, 6.07) is 4.58. The van der Waals surface area contributed by atoms with E-state index in [1.54, 1.807) is 12.1 Å². The molecule has 0 saturated carbocycles. The first kappa shape index (κ1) is 16.7. The molecule has 1 aliphatic heterocycles. The van der Waals surface area contributed by atoms with E-state index in [0.29, 0.717) is 23.9 Å². The average molecular weight is 329 g/mol. The van der Waals surface area contributed by atoms with Gasteiger partial charge in [0.15, 0.2) is 5.78 Å². The predicted molar refractivity (Wildman–Crippen MR) is 92.7 cm³/mol. The highest BCUT2D eigenvalue weighted by atomic mass is 16.4. The molecule has 1 N–H and O–H groups in total. The highest BCUT2D eigenvalue weighted by Gasteiger charge is 2.19. The Bertz CT molecular complexity index is 816. The van der Waals surface area contributed by atoms with Gasteiger partial charge in [-0.3, -0.25) is 4.79 Å². The van der Waals surface area contributed by atoms with Gasteiger partial charge >= 0.3 is 5.63 Å². The molecule has 128 valence electrons. The second kappa shape index (κ2) is 6.77. The van der Waals surface area contributed by atoms with Crippen molar-refractivity contribution in [2.45, 2.75) is 33.1 Å². The normalized spacial score (nSPS) is 16.6. The van der Waals surface area contributed by atoms with E-state index in [1.165, 1.54) is 6.07 Å². The van der Waals surface area contributed by atoms with Crippen molar-refractivity contribution in [2.75, 3.05) is 19.6 Å². The second-order valence-electron chi connectivity index (χ2n) is 6.82. The number of phenols is 1. The monoisotopic (exact) mass is 329 g/mol. The van der Waals surface area contributed by atoms with Crippen LogP contribution < -0.4 is 5.63 Å². The van der Waals surface area contributed by atoms with Crippen LogP contribution in [0.1, 0.15) is 42.1 Å². The van der Waals surface area contributed by atoms with Gasteiger partial charge in [0.05, 0.1) is 0 Å². The molecule has 0 unspecified atom stereocenters. The van der Waals surface area contributed by atoms with Crippen LogP contribution in [-0.4, -0.2) is 35.4 Å². The van der Waals surface area contributed by atoms with Crippen molar-refractivity contribution < 1.29 is 14.3 Å². The number of carbonyl (C=O) groups excluding carboxylic acids is 1. The van der Waals surface area contributed by atoms with Crippen LogP contribution >= 0.6 is 0 Å². The highest BCUT2D eigenvalue weighted by Crippen LogP contribution is 2.24. The van der Waals surface area contributed by atoms with Gasteiger partial charge in [0.25, 0.3) is 0 Å². The molecule has 1 aromatic heterocycles. The number of nitrogens with zero attached hydrogens (tertiary/aromatic N) is 1. The van der Waals surface area contributed by atoms with Gasteiger partial charge in [-0.2, -0.15) is 0 Å². The number of piperidine rings is 1. The molecule has 0 amide bonds. The summed E-state index contributed by atoms with van der Waals surface area (Å²) in [5, 5.41) is 10.3. The van der Waals surface area contributed by atoms with Crippen LogP contribution in [0.15, 0.2) is 27.4 Å². The third-order valence-electron chi connectivity index (χ3n) is 4.88. The Morgan fingerprint density at radius 3 is 2.71 bits per heavy atom. The third-order valence-corrected chi connectivity index (χ3v) is 4.88. The number of Topliss-reactive ketones (excluding diaryl/α,β-unsaturated/α-hetero) is 1. The minimum atomic E-state index is -0.634. The number of likely N-dealkylation sites (tertiary alicyclic amines) is 1. The standard InChI is InChI=1S/C19H23NO4/c1-12-3-6-20(7-4-12)8-5-17(22)16-11-15-13(2)9-14(21)10-18(15)24-19(16)23/h9-12,21H,3-8H2,1-2H3. The van der Waals surface area contributed by atoms with E-state index < -0.39 is 5.63 Å². The summed E-state index contributed by atoms with van der Waals surface area (Å²) in [6.45, 7) is 6.77. The Morgan fingerprint density at radius 2 is 2.00 bits per heavy atom. The van der Waals surface area contributed by atoms with E-state index in [4.69, 9.17) is 4.42 Å². The van der Waals surface area contributed by atoms with Crippen molar-refractivity contribution in [3.05, 3.63) is 39.7 Å². The molecule has 0 aliphatic carbocycles. The minimum Gasteiger partial charge on any atom is -0.508 e. The van der Waals surface area contributed by atoms with Crippen molar-refractivity contribution in [2.24, 2.45) is 5.92 Å². The zero-order valence-electron chi connectivity index (χ0n) is 14.2. The summed E-state index contributed by atoms with van der Waals surface area (Å²) in [6.07, 6.45) is 2.64. The number of aromatic hydroxyl groups is 1. The molecule has 0 spiro atoms. The third kappa shape index (κ3) is 3.51. The van der Waals surface area contributed by atoms with E-state index in [0.717, 1.165) is 37.4 Å². The topological polar surface area (TPSA) is 70.8 Å². The van der Waals surface area contributed by atoms with Crippen LogP contribution in [0.5, 0.6) is 5.75 Å². The maximum atomic E-state index is 12.5. The van der Waals surface area contributed by atoms with Crippen LogP contribution in [0.4, 0.5) is 0 Å². The van der Waals surface area contributed by atoms with Gasteiger partial charge in [-0.15, -0.1) is 0 Å². The quantitative estimate of drug-likeness (QED) is 0.689. The SMILES string of the molecule is Cc1cc(O)cc2oc(=O)c(C(=O)CCN3CCC(C)CC3)cc12. The van der Waals surface area contributed by atoms with E-state index >= 15 is 0 Å². The van der Waals surface area contributed by atoms with Crippen LogP contribution in [0.2, 0.25) is 0 Å². The van der Waals surface area contributed by atoms with Gasteiger partial charge in [0.1, 0.15) is 16.9 Å². The largest absolute Gasteiger partial charge is 0.508 e. The maximum Gasteiger partial charge on any atom is 0.347 e. The zero-order valence-corrected chi connectivity index (χ0v) is 14.2. The molecule has 1 saturated heterocycles. The summed E-state index contributed by atoms with van der Waals surface area (Å²) in [7, 11) is 0. The number of hydrogen-bond donors (Lipinski definition) is 1. The number of hydrogen-bond acceptors (Lipinski definition) is 5. The Kier molecular flexibility index (Phi) is 4.71. The Balaban J connectivity index is 1.77. The van der Waals surface area contributed by atoms with Crippen molar-refractivity contribution in [3.63, 3.8) is 0 Å². The lowest BCUT2D eigenvalue weighted by molar-refractivity contribution is 0.0949. The minimum absolute atomic E-state index is 0.0431. The molecule has 5 heteroatoms. The number of fused-ring (bicyclic) bond motifs is 1. The summed E-state index contributed by atoms with van der Waals surface area (Å²) >= 11 is 0. The smallest absolute Gasteiger partial charge is 0.347 e. The average Bonchev–Trinajstić information content (AvgIpc) is 2.53. The molecule has 2 heterocycles. The molecule has 0 radical (unpaired) electrons. The molecule has 0 atom stereocenters. The summed E-state index contributed by atoms with van der Waals surface area (Å²) in [4.78, 5) is 26.8. The lowest BCUT2D eigenvalue weighted by Crippen LogP contribution is -2.34. The fraction of sp³-hybridized carbons (Fsp3) is 0.474. The fourth-order valence-corrected chi connectivity index (χ4v) is 3.25. The number of phenolic OH excluding ortho intramolecular Hbond substituents is 1. The lowest BCUT2D eigenvalue weighted by atomic mass is 9.99. The first-order chi connectivity index (χ1) is 11.4. The molecule has 5 nitrogen and oxygen atoms in total. The van der Waals surface area contributed by atoms with Crippen LogP contribution in [-0.2, 0) is 0 Å². The van der Waals surface area contributed by atoms with E-state index in [9.17, 15) is 14.7 Å². The number of benzene rings is 1. The van der Waals surface area contributed by atoms with E-state index in [2.05, 4.69) is 11.8 Å². The number of aryl methyl sites for hydroxylation is 1. The predicted octanol–water partition coefficient (Wildman–Crippen LogP) is 3.11. The molecular formula is C19H23NO4. The Labute approximate surface area is 140 Å². The summed E-state index contributed by atoms with van der Waals surface area (Å²) in [5.74, 6) is 0.613. The Hall–Kier alpha value is -2.14. The molecule has 1 fully saturated rings. The summed E-state index contributed by atoms with van der Waals surface area (Å²) in [5.41, 5.74) is 0.540. The highest BCUT2D eigenvalue weighted by molar-refractivity contribution is 5.98. The molecule has 1 aromatic carbocycles. The first-order valence-corrected chi connectivity index (χ1v) is 8.47. The van der Waals surface area contributed by atoms with Crippen LogP contribution in [0.25, 0.3) is 11.0 Å². The van der Waals surface area contributed by atoms with Gasteiger partial charge in [-0.1, -0.05) is 6.92 Å². The van der Waals surface area contributed by atoms with E-state index in [-0.39, 0.29) is 17.1 Å². The molecular weight excluding hydrogens is 306 g/mol. The fourth-order valence-electron chi connectivity index (χ4n) is 3.25. The summed E-state index contributed by atoms with van der Waals surface area (Å²) < 4.78 is 5.23. The lowest BCUT2D eigenvalue weighted by Gasteiger charge is -2.29. The number of rotatable bonds is 4. The van der Waals surface area contributed by atoms with Crippen molar-refractivity contribution >= 4 is 16.8 Å². The zero-order chi connectivity index (χ0) is 17.3. The van der Waals surface area contributed by atoms with Crippen LogP contribution in [0, 0.1) is 12.8 Å². The van der Waals surface area contributed by atoms with Crippen molar-refractivity contribution in [1.29, 1.82) is 0 Å². The molecule has 2 aromatic rings. The van der Waals surface area contributed by atoms with Gasteiger partial charge in [0, 0.05) is 24.4 Å². The van der Waals surface area contributed by atoms with Gasteiger partial charge < -0.3 is 14.4 Å². The Morgan fingerprint density at radius 1 is 1.29 bits per heavy atom. The second-order valence-corrected chi connectivity index (χ2v) is 6.82. The molecule has 1 aliphatic rings. The first-order valence-electron chi connectivity index (χ1n) is 8.47. The molecule has 0 bridgehead atoms. The van der Waals surface area contributed by atoms with Gasteiger partial charge in [-0.05, 0) is 56.5 Å². The number of ketones is 1. The van der Waals surface area contributed by atoms with Crippen molar-refractivity contribution in [3.8, 4) is 5.75 Å². The maximum absolute atomic E-state index is 12.5. The van der Waals surface area contributed by atoms with Gasteiger partial charge in [-0.25, -0.2) is 4.79 Å². The molecule has 3 rings (SSSR count). The molecule has 24 heavy (non-hydrogen) atoms. The van der Waals surface area contributed by atoms with Gasteiger partial charge in [0.2, 0.25) is 0 Å². The van der Waals surface area contributed by atoms with Crippen molar-refractivity contribution in [1.82, 2.24) is 4.90 Å².